The second-order valence-electron chi connectivity index (χ2n) is 7.13. The number of nitrogens with one attached hydrogen (secondary N) is 1. The predicted octanol–water partition coefficient (Wildman–Crippen LogP) is 2.99. The molecule has 31 heavy (non-hydrogen) atoms. The van der Waals surface area contributed by atoms with Gasteiger partial charge in [-0.1, -0.05) is 0 Å². The van der Waals surface area contributed by atoms with E-state index in [0.717, 1.165) is 12.3 Å². The Morgan fingerprint density at radius 3 is 2.68 bits per heavy atom. The zero-order valence-corrected chi connectivity index (χ0v) is 17.6. The quantitative estimate of drug-likeness (QED) is 0.739. The molecule has 1 saturated heterocycles. The number of piperidine rings is 1. The van der Waals surface area contributed by atoms with E-state index in [1.54, 1.807) is 13.0 Å². The predicted molar refractivity (Wildman–Crippen MR) is 105 cm³/mol. The van der Waals surface area contributed by atoms with Crippen LogP contribution in [-0.2, 0) is 21.0 Å². The molecule has 1 aliphatic heterocycles. The summed E-state index contributed by atoms with van der Waals surface area (Å²) < 4.78 is 71.5. The second-order valence-corrected chi connectivity index (χ2v) is 9.04. The molecule has 1 aromatic carbocycles. The average Bonchev–Trinajstić information content (AvgIpc) is 2.67. The third kappa shape index (κ3) is 5.50. The number of amides is 1. The normalized spacial score (nSPS) is 17.9. The summed E-state index contributed by atoms with van der Waals surface area (Å²) >= 11 is 0. The lowest BCUT2D eigenvalue weighted by Crippen LogP contribution is -2.44. The molecule has 1 unspecified atom stereocenters. The highest BCUT2D eigenvalue weighted by atomic mass is 32.2. The first-order valence-corrected chi connectivity index (χ1v) is 10.9. The monoisotopic (exact) mass is 458 g/mol. The number of benzene rings is 1. The van der Waals surface area contributed by atoms with Crippen LogP contribution >= 0.6 is 0 Å². The van der Waals surface area contributed by atoms with Gasteiger partial charge in [-0.3, -0.25) is 4.79 Å². The van der Waals surface area contributed by atoms with Crippen molar-refractivity contribution < 1.29 is 31.1 Å². The molecule has 0 bridgehead atoms. The van der Waals surface area contributed by atoms with E-state index in [2.05, 4.69) is 15.3 Å². The van der Waals surface area contributed by atoms with Crippen molar-refractivity contribution in [3.63, 3.8) is 0 Å². The fourth-order valence-electron chi connectivity index (χ4n) is 3.28. The van der Waals surface area contributed by atoms with Crippen LogP contribution in [0.4, 0.5) is 18.9 Å². The van der Waals surface area contributed by atoms with Gasteiger partial charge in [0.25, 0.3) is 0 Å². The molecule has 0 radical (unpaired) electrons. The van der Waals surface area contributed by atoms with E-state index in [9.17, 15) is 26.4 Å². The maximum atomic E-state index is 13.1. The van der Waals surface area contributed by atoms with E-state index >= 15 is 0 Å². The number of carbonyl (C=O) groups excluding carboxylic acids is 1. The Labute approximate surface area is 177 Å². The number of alkyl halides is 3. The van der Waals surface area contributed by atoms with E-state index in [1.165, 1.54) is 23.4 Å². The Hall–Kier alpha value is -2.73. The van der Waals surface area contributed by atoms with E-state index in [1.807, 2.05) is 0 Å². The van der Waals surface area contributed by atoms with Gasteiger partial charge in [0, 0.05) is 25.4 Å². The van der Waals surface area contributed by atoms with E-state index < -0.39 is 34.0 Å². The Balaban J connectivity index is 1.76. The van der Waals surface area contributed by atoms with Gasteiger partial charge < -0.3 is 10.1 Å². The molecule has 1 atom stereocenters. The highest BCUT2D eigenvalue weighted by Crippen LogP contribution is 2.29. The van der Waals surface area contributed by atoms with Gasteiger partial charge in [-0.2, -0.15) is 22.5 Å². The van der Waals surface area contributed by atoms with Gasteiger partial charge in [-0.15, -0.1) is 0 Å². The van der Waals surface area contributed by atoms with Crippen molar-refractivity contribution in [2.45, 2.75) is 43.9 Å². The molecule has 2 aromatic rings. The van der Waals surface area contributed by atoms with E-state index in [0.29, 0.717) is 24.1 Å². The molecule has 0 aliphatic carbocycles. The van der Waals surface area contributed by atoms with Crippen molar-refractivity contribution in [1.82, 2.24) is 14.3 Å². The zero-order valence-electron chi connectivity index (χ0n) is 16.8. The minimum atomic E-state index is -4.63. The van der Waals surface area contributed by atoms with Crippen molar-refractivity contribution in [3.05, 3.63) is 41.7 Å². The van der Waals surface area contributed by atoms with E-state index in [4.69, 9.17) is 4.74 Å². The van der Waals surface area contributed by atoms with Crippen LogP contribution in [-0.4, -0.2) is 47.8 Å². The van der Waals surface area contributed by atoms with Crippen LogP contribution in [0.25, 0.3) is 0 Å². The number of aryl methyl sites for hydroxylation is 1. The molecule has 1 aliphatic rings. The average molecular weight is 458 g/mol. The number of anilines is 1. The maximum Gasteiger partial charge on any atom is 0.433 e. The van der Waals surface area contributed by atoms with Crippen LogP contribution in [0.3, 0.4) is 0 Å². The smallest absolute Gasteiger partial charge is 0.433 e. The number of hydrogen-bond acceptors (Lipinski definition) is 6. The van der Waals surface area contributed by atoms with E-state index in [-0.39, 0.29) is 23.9 Å². The second kappa shape index (κ2) is 8.79. The Morgan fingerprint density at radius 1 is 1.29 bits per heavy atom. The molecule has 3 rings (SSSR count). The third-order valence-electron chi connectivity index (χ3n) is 4.65. The highest BCUT2D eigenvalue weighted by Gasteiger charge is 2.35. The topological polar surface area (TPSA) is 101 Å². The summed E-state index contributed by atoms with van der Waals surface area (Å²) in [5.41, 5.74) is -0.200. The maximum absolute atomic E-state index is 13.1. The van der Waals surface area contributed by atoms with Crippen LogP contribution in [0.1, 0.15) is 31.0 Å². The van der Waals surface area contributed by atoms with Crippen molar-refractivity contribution in [1.29, 1.82) is 0 Å². The van der Waals surface area contributed by atoms with Crippen molar-refractivity contribution >= 4 is 21.6 Å². The van der Waals surface area contributed by atoms with Gasteiger partial charge in [0.15, 0.2) is 5.69 Å². The minimum Gasteiger partial charge on any atom is -0.459 e. The van der Waals surface area contributed by atoms with Crippen LogP contribution in [0.15, 0.2) is 35.4 Å². The molecule has 168 valence electrons. The molecule has 1 amide bonds. The van der Waals surface area contributed by atoms with Gasteiger partial charge in [-0.25, -0.2) is 13.4 Å². The summed E-state index contributed by atoms with van der Waals surface area (Å²) in [7, 11) is -3.87. The Kier molecular flexibility index (Phi) is 6.51. The van der Waals surface area contributed by atoms with Crippen LogP contribution < -0.4 is 10.1 Å². The first-order chi connectivity index (χ1) is 14.5. The van der Waals surface area contributed by atoms with Crippen molar-refractivity contribution in [2.24, 2.45) is 0 Å². The number of ether oxygens (including phenoxy) is 1. The molecule has 1 aromatic heterocycles. The minimum absolute atomic E-state index is 0.0468. The molecule has 2 heterocycles. The van der Waals surface area contributed by atoms with Crippen LogP contribution in [0, 0.1) is 6.92 Å². The van der Waals surface area contributed by atoms with Gasteiger partial charge in [0.1, 0.15) is 6.10 Å². The van der Waals surface area contributed by atoms with Crippen LogP contribution in [0.2, 0.25) is 0 Å². The van der Waals surface area contributed by atoms with Gasteiger partial charge >= 0.3 is 12.2 Å². The molecular formula is C19H21F3N4O4S. The summed E-state index contributed by atoms with van der Waals surface area (Å²) in [5, 5.41) is 2.59. The fourth-order valence-corrected chi connectivity index (χ4v) is 5.00. The fraction of sp³-hybridized carbons (Fsp3) is 0.421. The highest BCUT2D eigenvalue weighted by molar-refractivity contribution is 7.89. The molecule has 12 heteroatoms. The summed E-state index contributed by atoms with van der Waals surface area (Å²) in [4.78, 5) is 18.3. The molecule has 0 saturated carbocycles. The molecule has 0 spiro atoms. The lowest BCUT2D eigenvalue weighted by molar-refractivity contribution is -0.141. The first kappa shape index (κ1) is 22.9. The number of halogens is 3. The lowest BCUT2D eigenvalue weighted by atomic mass is 10.1. The first-order valence-electron chi connectivity index (χ1n) is 9.42. The number of nitrogens with zero attached hydrogens (tertiary/aromatic N) is 3. The number of rotatable bonds is 5. The number of hydrogen-bond donors (Lipinski definition) is 1. The van der Waals surface area contributed by atoms with Gasteiger partial charge in [0.2, 0.25) is 15.9 Å². The number of aromatic nitrogens is 2. The third-order valence-corrected chi connectivity index (χ3v) is 6.68. The molecule has 1 N–H and O–H groups in total. The van der Waals surface area contributed by atoms with Crippen LogP contribution in [0.5, 0.6) is 6.01 Å². The Morgan fingerprint density at radius 2 is 2.03 bits per heavy atom. The standard InChI is InChI=1S/C19H21F3N4O4S/c1-12-10-14(24-13(2)27)5-6-16(12)31(28,29)26-9-3-4-15(11-26)30-18-23-8-7-17(25-18)19(20,21)22/h5-8,10,15H,3-4,9,11H2,1-2H3,(H,24,27). The van der Waals surface area contributed by atoms with Crippen molar-refractivity contribution in [3.8, 4) is 6.01 Å². The number of carbonyl (C=O) groups is 1. The zero-order chi connectivity index (χ0) is 22.8. The van der Waals surface area contributed by atoms with Gasteiger partial charge in [0.05, 0.1) is 11.4 Å². The molecule has 8 nitrogen and oxygen atoms in total. The summed E-state index contributed by atoms with van der Waals surface area (Å²) in [6, 6.07) is 4.75. The molecular weight excluding hydrogens is 437 g/mol. The summed E-state index contributed by atoms with van der Waals surface area (Å²) in [5.74, 6) is -0.275. The summed E-state index contributed by atoms with van der Waals surface area (Å²) in [6.45, 7) is 3.17. The number of sulfonamides is 1. The summed E-state index contributed by atoms with van der Waals surface area (Å²) in [6.07, 6.45) is -3.46. The Bertz CT molecular complexity index is 1080. The van der Waals surface area contributed by atoms with Crippen molar-refractivity contribution in [2.75, 3.05) is 18.4 Å². The largest absolute Gasteiger partial charge is 0.459 e. The van der Waals surface area contributed by atoms with Gasteiger partial charge in [-0.05, 0) is 49.6 Å². The lowest BCUT2D eigenvalue weighted by Gasteiger charge is -2.32. The SMILES string of the molecule is CC(=O)Nc1ccc(S(=O)(=O)N2CCCC(Oc3nccc(C(F)(F)F)n3)C2)c(C)c1. The molecule has 1 fully saturated rings.